The zero-order valence-corrected chi connectivity index (χ0v) is 12.2. The second-order valence-electron chi connectivity index (χ2n) is 6.03. The van der Waals surface area contributed by atoms with Crippen molar-refractivity contribution in [3.05, 3.63) is 0 Å². The highest BCUT2D eigenvalue weighted by Gasteiger charge is 2.32. The minimum Gasteiger partial charge on any atom is -0.444 e. The molecule has 0 bridgehead atoms. The quantitative estimate of drug-likeness (QED) is 0.808. The van der Waals surface area contributed by atoms with Crippen molar-refractivity contribution in [1.82, 2.24) is 10.2 Å². The molecule has 0 aromatic heterocycles. The summed E-state index contributed by atoms with van der Waals surface area (Å²) in [6, 6.07) is -0.0743. The van der Waals surface area contributed by atoms with Gasteiger partial charge < -0.3 is 20.1 Å². The largest absolute Gasteiger partial charge is 0.444 e. The van der Waals surface area contributed by atoms with Crippen LogP contribution in [-0.4, -0.2) is 59.9 Å². The van der Waals surface area contributed by atoms with Crippen LogP contribution in [0.3, 0.4) is 0 Å². The molecule has 1 aliphatic rings. The fourth-order valence-corrected chi connectivity index (χ4v) is 2.10. The first-order chi connectivity index (χ1) is 9.20. The Kier molecular flexibility index (Phi) is 6.13. The zero-order valence-electron chi connectivity index (χ0n) is 12.2. The molecular formula is C13H24F2N2O3. The van der Waals surface area contributed by atoms with Crippen LogP contribution in [0.25, 0.3) is 0 Å². The Bertz CT molecular complexity index is 321. The summed E-state index contributed by atoms with van der Waals surface area (Å²) in [5.41, 5.74) is -0.552. The number of carbonyl (C=O) groups is 1. The van der Waals surface area contributed by atoms with E-state index in [1.807, 2.05) is 0 Å². The van der Waals surface area contributed by atoms with E-state index < -0.39 is 18.1 Å². The predicted octanol–water partition coefficient (Wildman–Crippen LogP) is 1.60. The van der Waals surface area contributed by atoms with E-state index in [0.717, 1.165) is 12.8 Å². The summed E-state index contributed by atoms with van der Waals surface area (Å²) < 4.78 is 29.6. The second-order valence-corrected chi connectivity index (χ2v) is 6.03. The van der Waals surface area contributed by atoms with Crippen LogP contribution in [0, 0.1) is 0 Å². The highest BCUT2D eigenvalue weighted by Crippen LogP contribution is 2.20. The van der Waals surface area contributed by atoms with Gasteiger partial charge in [-0.25, -0.2) is 13.6 Å². The van der Waals surface area contributed by atoms with Crippen LogP contribution >= 0.6 is 0 Å². The van der Waals surface area contributed by atoms with E-state index in [-0.39, 0.29) is 18.7 Å². The van der Waals surface area contributed by atoms with Gasteiger partial charge in [0.05, 0.1) is 0 Å². The highest BCUT2D eigenvalue weighted by atomic mass is 19.3. The number of likely N-dealkylation sites (tertiary alicyclic amines) is 1. The summed E-state index contributed by atoms with van der Waals surface area (Å²) in [6.07, 6.45) is -3.14. The smallest absolute Gasteiger partial charge is 0.410 e. The Morgan fingerprint density at radius 2 is 2.15 bits per heavy atom. The van der Waals surface area contributed by atoms with Crippen LogP contribution in [0.2, 0.25) is 0 Å². The first-order valence-electron chi connectivity index (χ1n) is 6.87. The normalized spacial score (nSPS) is 21.4. The van der Waals surface area contributed by atoms with E-state index in [2.05, 4.69) is 5.32 Å². The number of hydrogen-bond acceptors (Lipinski definition) is 4. The Morgan fingerprint density at radius 1 is 1.50 bits per heavy atom. The lowest BCUT2D eigenvalue weighted by Crippen LogP contribution is -2.45. The van der Waals surface area contributed by atoms with E-state index in [1.165, 1.54) is 0 Å². The SMILES string of the molecule is CC(C)(C)OC(=O)N1CCCC1CNCC(O)C(F)F. The molecule has 2 N–H and O–H groups in total. The van der Waals surface area contributed by atoms with Gasteiger partial charge in [0, 0.05) is 25.7 Å². The van der Waals surface area contributed by atoms with Gasteiger partial charge in [0.1, 0.15) is 11.7 Å². The summed E-state index contributed by atoms with van der Waals surface area (Å²) >= 11 is 0. The molecule has 2 atom stereocenters. The molecule has 20 heavy (non-hydrogen) atoms. The third kappa shape index (κ3) is 5.58. The third-order valence-corrected chi connectivity index (χ3v) is 3.03. The summed E-state index contributed by atoms with van der Waals surface area (Å²) in [5, 5.41) is 11.8. The molecule has 1 amide bonds. The van der Waals surface area contributed by atoms with Crippen LogP contribution in [0.5, 0.6) is 0 Å². The number of amides is 1. The average Bonchev–Trinajstić information content (AvgIpc) is 2.74. The molecule has 1 heterocycles. The monoisotopic (exact) mass is 294 g/mol. The van der Waals surface area contributed by atoms with Gasteiger partial charge in [0.25, 0.3) is 6.43 Å². The van der Waals surface area contributed by atoms with Gasteiger partial charge in [-0.2, -0.15) is 0 Å². The minimum absolute atomic E-state index is 0.0743. The van der Waals surface area contributed by atoms with Crippen LogP contribution in [0.15, 0.2) is 0 Å². The van der Waals surface area contributed by atoms with Crippen LogP contribution in [-0.2, 0) is 4.74 Å². The first-order valence-corrected chi connectivity index (χ1v) is 6.87. The molecular weight excluding hydrogens is 270 g/mol. The van der Waals surface area contributed by atoms with Crippen molar-refractivity contribution in [2.24, 2.45) is 0 Å². The third-order valence-electron chi connectivity index (χ3n) is 3.03. The van der Waals surface area contributed by atoms with Crippen molar-refractivity contribution in [3.63, 3.8) is 0 Å². The maximum absolute atomic E-state index is 12.1. The van der Waals surface area contributed by atoms with Crippen molar-refractivity contribution in [2.75, 3.05) is 19.6 Å². The summed E-state index contributed by atoms with van der Waals surface area (Å²) in [7, 11) is 0. The van der Waals surface area contributed by atoms with Gasteiger partial charge in [0.15, 0.2) is 0 Å². The predicted molar refractivity (Wildman–Crippen MR) is 70.8 cm³/mol. The van der Waals surface area contributed by atoms with Crippen molar-refractivity contribution < 1.29 is 23.4 Å². The maximum Gasteiger partial charge on any atom is 0.410 e. The number of rotatable bonds is 5. The molecule has 1 fully saturated rings. The van der Waals surface area contributed by atoms with E-state index in [9.17, 15) is 13.6 Å². The second kappa shape index (κ2) is 7.17. The van der Waals surface area contributed by atoms with Gasteiger partial charge in [-0.05, 0) is 33.6 Å². The number of aliphatic hydroxyl groups excluding tert-OH is 1. The summed E-state index contributed by atoms with van der Waals surface area (Å²) in [6.45, 7) is 6.20. The van der Waals surface area contributed by atoms with Crippen LogP contribution in [0.1, 0.15) is 33.6 Å². The number of halogens is 2. The Balaban J connectivity index is 2.39. The first kappa shape index (κ1) is 17.1. The summed E-state index contributed by atoms with van der Waals surface area (Å²) in [4.78, 5) is 13.6. The number of carbonyl (C=O) groups excluding carboxylic acids is 1. The van der Waals surface area contributed by atoms with E-state index in [0.29, 0.717) is 13.1 Å². The summed E-state index contributed by atoms with van der Waals surface area (Å²) in [5.74, 6) is 0. The number of alkyl halides is 2. The molecule has 1 rings (SSSR count). The van der Waals surface area contributed by atoms with E-state index in [4.69, 9.17) is 9.84 Å². The van der Waals surface area contributed by atoms with Gasteiger partial charge in [-0.1, -0.05) is 0 Å². The minimum atomic E-state index is -2.76. The van der Waals surface area contributed by atoms with Crippen molar-refractivity contribution in [2.45, 2.75) is 57.8 Å². The van der Waals surface area contributed by atoms with Crippen LogP contribution in [0.4, 0.5) is 13.6 Å². The highest BCUT2D eigenvalue weighted by molar-refractivity contribution is 5.69. The Morgan fingerprint density at radius 3 is 2.70 bits per heavy atom. The van der Waals surface area contributed by atoms with Crippen LogP contribution < -0.4 is 5.32 Å². The Hall–Kier alpha value is -0.950. The average molecular weight is 294 g/mol. The molecule has 1 saturated heterocycles. The zero-order chi connectivity index (χ0) is 15.3. The number of nitrogens with zero attached hydrogens (tertiary/aromatic N) is 1. The molecule has 1 aliphatic heterocycles. The molecule has 0 saturated carbocycles. The molecule has 0 aromatic rings. The number of nitrogens with one attached hydrogen (secondary N) is 1. The molecule has 0 aliphatic carbocycles. The molecule has 0 radical (unpaired) electrons. The fraction of sp³-hybridized carbons (Fsp3) is 0.923. The number of hydrogen-bond donors (Lipinski definition) is 2. The lowest BCUT2D eigenvalue weighted by Gasteiger charge is -2.29. The van der Waals surface area contributed by atoms with Gasteiger partial charge in [-0.3, -0.25) is 0 Å². The van der Waals surface area contributed by atoms with Crippen molar-refractivity contribution >= 4 is 6.09 Å². The topological polar surface area (TPSA) is 61.8 Å². The lowest BCUT2D eigenvalue weighted by molar-refractivity contribution is -0.00450. The van der Waals surface area contributed by atoms with Gasteiger partial charge in [-0.15, -0.1) is 0 Å². The van der Waals surface area contributed by atoms with E-state index in [1.54, 1.807) is 25.7 Å². The number of ether oxygens (including phenoxy) is 1. The van der Waals surface area contributed by atoms with Gasteiger partial charge in [0.2, 0.25) is 0 Å². The Labute approximate surface area is 118 Å². The van der Waals surface area contributed by atoms with Crippen molar-refractivity contribution in [1.29, 1.82) is 0 Å². The van der Waals surface area contributed by atoms with Crippen molar-refractivity contribution in [3.8, 4) is 0 Å². The van der Waals surface area contributed by atoms with E-state index >= 15 is 0 Å². The standard InChI is InChI=1S/C13H24F2N2O3/c1-13(2,3)20-12(19)17-6-4-5-9(17)7-16-8-10(18)11(14)15/h9-11,16,18H,4-8H2,1-3H3. The number of aliphatic hydroxyl groups is 1. The maximum atomic E-state index is 12.1. The molecule has 118 valence electrons. The molecule has 7 heteroatoms. The lowest BCUT2D eigenvalue weighted by atomic mass is 10.2. The molecule has 0 spiro atoms. The molecule has 5 nitrogen and oxygen atoms in total. The molecule has 2 unspecified atom stereocenters. The van der Waals surface area contributed by atoms with Gasteiger partial charge >= 0.3 is 6.09 Å². The molecule has 0 aromatic carbocycles. The fourth-order valence-electron chi connectivity index (χ4n) is 2.10.